The molecule has 9 heavy (non-hydrogen) atoms. The highest BCUT2D eigenvalue weighted by atomic mass is 35.5. The number of rotatable bonds is 1. The van der Waals surface area contributed by atoms with Gasteiger partial charge in [0.25, 0.3) is 0 Å². The molecule has 0 saturated carbocycles. The highest BCUT2D eigenvalue weighted by Gasteiger charge is 2.10. The zero-order valence-electron chi connectivity index (χ0n) is 5.69. The molecule has 0 aromatic heterocycles. The standard InChI is InChI=1S/C6H11ClN2/c1-5(2)9-3-6(7)8-4-9/h3,5,8H,4H2,1-2H3. The molecule has 1 N–H and O–H groups in total. The maximum atomic E-state index is 5.66. The lowest BCUT2D eigenvalue weighted by Crippen LogP contribution is -2.27. The van der Waals surface area contributed by atoms with Crippen molar-refractivity contribution in [1.29, 1.82) is 0 Å². The van der Waals surface area contributed by atoms with Crippen LogP contribution in [0.25, 0.3) is 0 Å². The minimum Gasteiger partial charge on any atom is -0.357 e. The van der Waals surface area contributed by atoms with E-state index < -0.39 is 0 Å². The van der Waals surface area contributed by atoms with Gasteiger partial charge in [-0.1, -0.05) is 11.6 Å². The average molecular weight is 147 g/mol. The Morgan fingerprint density at radius 2 is 2.44 bits per heavy atom. The Kier molecular flexibility index (Phi) is 1.86. The van der Waals surface area contributed by atoms with Crippen molar-refractivity contribution in [2.45, 2.75) is 19.9 Å². The van der Waals surface area contributed by atoms with Crippen molar-refractivity contribution in [3.8, 4) is 0 Å². The summed E-state index contributed by atoms with van der Waals surface area (Å²) in [5.74, 6) is 0. The van der Waals surface area contributed by atoms with E-state index in [0.29, 0.717) is 6.04 Å². The second kappa shape index (κ2) is 2.48. The van der Waals surface area contributed by atoms with Crippen molar-refractivity contribution < 1.29 is 0 Å². The van der Waals surface area contributed by atoms with Crippen molar-refractivity contribution >= 4 is 11.6 Å². The lowest BCUT2D eigenvalue weighted by atomic mass is 10.4. The molecule has 0 amide bonds. The van der Waals surface area contributed by atoms with Crippen LogP contribution in [0.1, 0.15) is 13.8 Å². The van der Waals surface area contributed by atoms with Gasteiger partial charge in [0, 0.05) is 12.2 Å². The summed E-state index contributed by atoms with van der Waals surface area (Å²) < 4.78 is 0. The van der Waals surface area contributed by atoms with Crippen LogP contribution in [-0.4, -0.2) is 17.6 Å². The Hall–Kier alpha value is -0.370. The Labute approximate surface area is 60.5 Å². The summed E-state index contributed by atoms with van der Waals surface area (Å²) >= 11 is 5.66. The van der Waals surface area contributed by atoms with Crippen molar-refractivity contribution in [1.82, 2.24) is 10.2 Å². The number of nitrogens with one attached hydrogen (secondary N) is 1. The third kappa shape index (κ3) is 1.52. The van der Waals surface area contributed by atoms with Crippen molar-refractivity contribution in [3.05, 3.63) is 11.4 Å². The molecule has 0 saturated heterocycles. The molecule has 0 aliphatic carbocycles. The maximum Gasteiger partial charge on any atom is 0.119 e. The molecule has 0 radical (unpaired) electrons. The molecule has 2 nitrogen and oxygen atoms in total. The van der Waals surface area contributed by atoms with Gasteiger partial charge in [-0.3, -0.25) is 0 Å². The number of hydrogen-bond donors (Lipinski definition) is 1. The second-order valence-electron chi connectivity index (χ2n) is 2.42. The van der Waals surface area contributed by atoms with E-state index >= 15 is 0 Å². The Bertz CT molecular complexity index is 131. The van der Waals surface area contributed by atoms with Crippen LogP contribution in [0.4, 0.5) is 0 Å². The van der Waals surface area contributed by atoms with Gasteiger partial charge in [-0.25, -0.2) is 0 Å². The van der Waals surface area contributed by atoms with Crippen LogP contribution in [0.2, 0.25) is 0 Å². The quantitative estimate of drug-likeness (QED) is 0.561. The molecular formula is C6H11ClN2. The number of hydrogen-bond acceptors (Lipinski definition) is 2. The van der Waals surface area contributed by atoms with Crippen LogP contribution >= 0.6 is 11.6 Å². The normalized spacial score (nSPS) is 18.2. The SMILES string of the molecule is CC(C)N1C=C(Cl)NC1. The van der Waals surface area contributed by atoms with Gasteiger partial charge in [-0.15, -0.1) is 0 Å². The summed E-state index contributed by atoms with van der Waals surface area (Å²) in [6, 6.07) is 0.536. The summed E-state index contributed by atoms with van der Waals surface area (Å²) in [5.41, 5.74) is 0. The second-order valence-corrected chi connectivity index (χ2v) is 2.83. The lowest BCUT2D eigenvalue weighted by molar-refractivity contribution is 0.324. The van der Waals surface area contributed by atoms with Crippen LogP contribution in [0.15, 0.2) is 11.4 Å². The van der Waals surface area contributed by atoms with E-state index in [0.717, 1.165) is 11.8 Å². The fourth-order valence-electron chi connectivity index (χ4n) is 0.735. The molecule has 0 spiro atoms. The first kappa shape index (κ1) is 6.75. The molecule has 52 valence electrons. The van der Waals surface area contributed by atoms with Crippen LogP contribution < -0.4 is 5.32 Å². The fourth-order valence-corrected chi connectivity index (χ4v) is 0.920. The average Bonchev–Trinajstić information content (AvgIpc) is 2.14. The maximum absolute atomic E-state index is 5.66. The number of halogens is 1. The van der Waals surface area contributed by atoms with Crippen molar-refractivity contribution in [3.63, 3.8) is 0 Å². The predicted octanol–water partition coefficient (Wildman–Crippen LogP) is 1.30. The van der Waals surface area contributed by atoms with Crippen molar-refractivity contribution in [2.24, 2.45) is 0 Å². The Morgan fingerprint density at radius 1 is 1.78 bits per heavy atom. The summed E-state index contributed by atoms with van der Waals surface area (Å²) in [7, 11) is 0. The molecule has 1 aliphatic rings. The molecular weight excluding hydrogens is 136 g/mol. The first-order chi connectivity index (χ1) is 4.20. The number of nitrogens with zero attached hydrogens (tertiary/aromatic N) is 1. The summed E-state index contributed by atoms with van der Waals surface area (Å²) in [6.45, 7) is 5.11. The highest BCUT2D eigenvalue weighted by Crippen LogP contribution is 2.09. The summed E-state index contributed by atoms with van der Waals surface area (Å²) in [5, 5.41) is 3.74. The van der Waals surface area contributed by atoms with Gasteiger partial charge in [-0.05, 0) is 13.8 Å². The van der Waals surface area contributed by atoms with Gasteiger partial charge in [0.05, 0.1) is 6.67 Å². The minimum absolute atomic E-state index is 0.536. The molecule has 0 fully saturated rings. The third-order valence-electron chi connectivity index (χ3n) is 1.37. The van der Waals surface area contributed by atoms with Crippen LogP contribution in [0.5, 0.6) is 0 Å². The van der Waals surface area contributed by atoms with E-state index in [1.165, 1.54) is 0 Å². The van der Waals surface area contributed by atoms with Crippen LogP contribution in [-0.2, 0) is 0 Å². The van der Waals surface area contributed by atoms with E-state index in [-0.39, 0.29) is 0 Å². The first-order valence-electron chi connectivity index (χ1n) is 3.07. The molecule has 1 heterocycles. The topological polar surface area (TPSA) is 15.3 Å². The van der Waals surface area contributed by atoms with E-state index in [4.69, 9.17) is 11.6 Å². The van der Waals surface area contributed by atoms with Gasteiger partial charge in [0.2, 0.25) is 0 Å². The van der Waals surface area contributed by atoms with Crippen molar-refractivity contribution in [2.75, 3.05) is 6.67 Å². The highest BCUT2D eigenvalue weighted by molar-refractivity contribution is 6.29. The first-order valence-corrected chi connectivity index (χ1v) is 3.45. The van der Waals surface area contributed by atoms with Gasteiger partial charge in [0.15, 0.2) is 0 Å². The lowest BCUT2D eigenvalue weighted by Gasteiger charge is -2.18. The van der Waals surface area contributed by atoms with Gasteiger partial charge in [-0.2, -0.15) is 0 Å². The largest absolute Gasteiger partial charge is 0.357 e. The van der Waals surface area contributed by atoms with E-state index in [1.54, 1.807) is 0 Å². The van der Waals surface area contributed by atoms with Gasteiger partial charge in [0.1, 0.15) is 5.16 Å². The molecule has 0 aromatic carbocycles. The smallest absolute Gasteiger partial charge is 0.119 e. The monoisotopic (exact) mass is 146 g/mol. The molecule has 1 rings (SSSR count). The molecule has 1 aliphatic heterocycles. The fraction of sp³-hybridized carbons (Fsp3) is 0.667. The third-order valence-corrected chi connectivity index (χ3v) is 1.60. The molecule has 0 bridgehead atoms. The zero-order valence-corrected chi connectivity index (χ0v) is 6.44. The summed E-state index contributed by atoms with van der Waals surface area (Å²) in [6.07, 6.45) is 1.92. The van der Waals surface area contributed by atoms with Crippen LogP contribution in [0.3, 0.4) is 0 Å². The molecule has 0 atom stereocenters. The molecule has 3 heteroatoms. The van der Waals surface area contributed by atoms with E-state index in [9.17, 15) is 0 Å². The molecule has 0 unspecified atom stereocenters. The Balaban J connectivity index is 2.47. The minimum atomic E-state index is 0.536. The van der Waals surface area contributed by atoms with Gasteiger partial charge < -0.3 is 10.2 Å². The van der Waals surface area contributed by atoms with Crippen LogP contribution in [0, 0.1) is 0 Å². The Morgan fingerprint density at radius 3 is 2.67 bits per heavy atom. The summed E-state index contributed by atoms with van der Waals surface area (Å²) in [4.78, 5) is 2.14. The predicted molar refractivity (Wildman–Crippen MR) is 38.9 cm³/mol. The van der Waals surface area contributed by atoms with E-state index in [1.807, 2.05) is 6.20 Å². The zero-order chi connectivity index (χ0) is 6.85. The van der Waals surface area contributed by atoms with E-state index in [2.05, 4.69) is 24.1 Å². The van der Waals surface area contributed by atoms with Gasteiger partial charge >= 0.3 is 0 Å². The molecule has 0 aromatic rings.